The van der Waals surface area contributed by atoms with Crippen LogP contribution in [0.5, 0.6) is 11.5 Å². The minimum atomic E-state index is -0.408. The van der Waals surface area contributed by atoms with Crippen molar-refractivity contribution in [2.75, 3.05) is 25.3 Å². The molecule has 154 valence electrons. The van der Waals surface area contributed by atoms with E-state index in [1.807, 2.05) is 28.0 Å². The molecule has 0 saturated heterocycles. The second kappa shape index (κ2) is 8.72. The molecule has 0 fully saturated rings. The Labute approximate surface area is 179 Å². The number of thiazole rings is 1. The molecule has 0 atom stereocenters. The summed E-state index contributed by atoms with van der Waals surface area (Å²) < 4.78 is 26.0. The lowest BCUT2D eigenvalue weighted by molar-refractivity contribution is -0.113. The maximum atomic E-state index is 13.3. The number of aromatic nitrogens is 3. The molecule has 4 aromatic rings. The molecule has 0 aliphatic carbocycles. The largest absolute Gasteiger partial charge is 0.497 e. The van der Waals surface area contributed by atoms with Crippen LogP contribution in [0.25, 0.3) is 16.2 Å². The fourth-order valence-electron chi connectivity index (χ4n) is 2.89. The van der Waals surface area contributed by atoms with Crippen LogP contribution < -0.4 is 14.8 Å². The zero-order valence-corrected chi connectivity index (χ0v) is 17.7. The number of methoxy groups -OCH3 is 2. The van der Waals surface area contributed by atoms with Gasteiger partial charge in [-0.1, -0.05) is 17.8 Å². The van der Waals surface area contributed by atoms with Gasteiger partial charge in [0.2, 0.25) is 10.9 Å². The van der Waals surface area contributed by atoms with Crippen molar-refractivity contribution >= 4 is 39.7 Å². The Balaban J connectivity index is 1.58. The predicted molar refractivity (Wildman–Crippen MR) is 115 cm³/mol. The molecule has 1 N–H and O–H groups in total. The molecule has 0 spiro atoms. The number of anilines is 1. The van der Waals surface area contributed by atoms with Crippen LogP contribution in [-0.4, -0.2) is 40.5 Å². The molecular weight excluding hydrogens is 427 g/mol. The molecule has 0 radical (unpaired) electrons. The number of thioether (sulfide) groups is 1. The van der Waals surface area contributed by atoms with E-state index in [2.05, 4.69) is 15.5 Å². The molecule has 2 heterocycles. The van der Waals surface area contributed by atoms with Gasteiger partial charge in [-0.05, 0) is 36.4 Å². The molecule has 7 nitrogen and oxygen atoms in total. The van der Waals surface area contributed by atoms with Crippen LogP contribution >= 0.6 is 23.1 Å². The third-order valence-electron chi connectivity index (χ3n) is 4.24. The first-order chi connectivity index (χ1) is 14.6. The molecule has 2 aromatic heterocycles. The maximum Gasteiger partial charge on any atom is 0.234 e. The Kier molecular flexibility index (Phi) is 5.86. The molecule has 10 heteroatoms. The minimum absolute atomic E-state index is 0.0990. The van der Waals surface area contributed by atoms with Crippen molar-refractivity contribution in [1.29, 1.82) is 0 Å². The summed E-state index contributed by atoms with van der Waals surface area (Å²) in [5, 5.41) is 13.6. The number of halogens is 1. The summed E-state index contributed by atoms with van der Waals surface area (Å²) in [6.45, 7) is 0. The summed E-state index contributed by atoms with van der Waals surface area (Å²) in [5.41, 5.74) is 2.07. The van der Waals surface area contributed by atoms with Crippen LogP contribution in [0.1, 0.15) is 0 Å². The topological polar surface area (TPSA) is 77.8 Å². The van der Waals surface area contributed by atoms with Gasteiger partial charge in [-0.25, -0.2) is 4.39 Å². The van der Waals surface area contributed by atoms with Gasteiger partial charge in [-0.2, -0.15) is 0 Å². The van der Waals surface area contributed by atoms with E-state index in [1.165, 1.54) is 35.2 Å². The number of nitrogens with zero attached hydrogens (tertiary/aromatic N) is 3. The highest BCUT2D eigenvalue weighted by Gasteiger charge is 2.18. The van der Waals surface area contributed by atoms with Gasteiger partial charge in [0.15, 0.2) is 5.16 Å². The summed E-state index contributed by atoms with van der Waals surface area (Å²) in [7, 11) is 3.21. The summed E-state index contributed by atoms with van der Waals surface area (Å²) in [5.74, 6) is 0.806. The van der Waals surface area contributed by atoms with Gasteiger partial charge in [-0.3, -0.25) is 9.20 Å². The molecule has 0 aliphatic rings. The highest BCUT2D eigenvalue weighted by atomic mass is 32.2. The van der Waals surface area contributed by atoms with Crippen LogP contribution in [0, 0.1) is 5.82 Å². The van der Waals surface area contributed by atoms with E-state index >= 15 is 0 Å². The van der Waals surface area contributed by atoms with Gasteiger partial charge in [0.25, 0.3) is 0 Å². The zero-order chi connectivity index (χ0) is 21.1. The Hall–Kier alpha value is -3.11. The Morgan fingerprint density at radius 1 is 1.20 bits per heavy atom. The Morgan fingerprint density at radius 2 is 2.07 bits per heavy atom. The molecule has 0 bridgehead atoms. The average Bonchev–Trinajstić information content (AvgIpc) is 3.34. The van der Waals surface area contributed by atoms with Crippen LogP contribution in [0.3, 0.4) is 0 Å². The van der Waals surface area contributed by atoms with E-state index in [0.717, 1.165) is 11.3 Å². The number of rotatable bonds is 7. The first-order valence-corrected chi connectivity index (χ1v) is 10.7. The van der Waals surface area contributed by atoms with Crippen molar-refractivity contribution in [3.8, 4) is 22.8 Å². The number of ether oxygens (including phenoxy) is 2. The lowest BCUT2D eigenvalue weighted by Crippen LogP contribution is -2.14. The number of nitrogens with one attached hydrogen (secondary N) is 1. The number of hydrogen-bond acceptors (Lipinski definition) is 7. The first kappa shape index (κ1) is 20.2. The monoisotopic (exact) mass is 444 g/mol. The number of amides is 1. The normalized spacial score (nSPS) is 10.9. The quantitative estimate of drug-likeness (QED) is 0.427. The van der Waals surface area contributed by atoms with Gasteiger partial charge in [-0.15, -0.1) is 21.5 Å². The summed E-state index contributed by atoms with van der Waals surface area (Å²) in [6.07, 6.45) is 0. The summed E-state index contributed by atoms with van der Waals surface area (Å²) in [6, 6.07) is 11.3. The number of benzene rings is 2. The van der Waals surface area contributed by atoms with E-state index in [0.29, 0.717) is 27.3 Å². The van der Waals surface area contributed by atoms with E-state index < -0.39 is 5.82 Å². The second-order valence-corrected chi connectivity index (χ2v) is 7.91. The molecule has 0 saturated carbocycles. The smallest absolute Gasteiger partial charge is 0.234 e. The van der Waals surface area contributed by atoms with Gasteiger partial charge >= 0.3 is 0 Å². The van der Waals surface area contributed by atoms with Crippen molar-refractivity contribution in [3.63, 3.8) is 0 Å². The first-order valence-electron chi connectivity index (χ1n) is 8.82. The maximum absolute atomic E-state index is 13.3. The average molecular weight is 445 g/mol. The number of carbonyl (C=O) groups is 1. The van der Waals surface area contributed by atoms with Crippen molar-refractivity contribution in [1.82, 2.24) is 14.6 Å². The number of hydrogen-bond donors (Lipinski definition) is 1. The van der Waals surface area contributed by atoms with E-state index in [4.69, 9.17) is 9.47 Å². The second-order valence-electron chi connectivity index (χ2n) is 6.13. The van der Waals surface area contributed by atoms with Crippen molar-refractivity contribution < 1.29 is 18.7 Å². The lowest BCUT2D eigenvalue weighted by atomic mass is 10.1. The molecule has 30 heavy (non-hydrogen) atoms. The third kappa shape index (κ3) is 4.10. The zero-order valence-electron chi connectivity index (χ0n) is 16.1. The highest BCUT2D eigenvalue weighted by molar-refractivity contribution is 7.99. The van der Waals surface area contributed by atoms with Gasteiger partial charge in [0.1, 0.15) is 17.3 Å². The van der Waals surface area contributed by atoms with Crippen molar-refractivity contribution in [3.05, 3.63) is 53.7 Å². The minimum Gasteiger partial charge on any atom is -0.497 e. The third-order valence-corrected chi connectivity index (χ3v) is 5.99. The fraction of sp³-hybridized carbons (Fsp3) is 0.150. The Morgan fingerprint density at radius 3 is 2.83 bits per heavy atom. The fourth-order valence-corrected chi connectivity index (χ4v) is 4.52. The summed E-state index contributed by atoms with van der Waals surface area (Å²) in [4.78, 5) is 13.0. The van der Waals surface area contributed by atoms with Crippen LogP contribution in [-0.2, 0) is 4.79 Å². The van der Waals surface area contributed by atoms with E-state index in [-0.39, 0.29) is 11.7 Å². The van der Waals surface area contributed by atoms with Crippen molar-refractivity contribution in [2.45, 2.75) is 5.16 Å². The molecule has 2 aromatic carbocycles. The molecule has 0 unspecified atom stereocenters. The highest BCUT2D eigenvalue weighted by Crippen LogP contribution is 2.37. The molecule has 0 aliphatic heterocycles. The van der Waals surface area contributed by atoms with Crippen LogP contribution in [0.2, 0.25) is 0 Å². The van der Waals surface area contributed by atoms with Gasteiger partial charge in [0.05, 0.1) is 25.7 Å². The Bertz CT molecular complexity index is 1210. The van der Waals surface area contributed by atoms with E-state index in [1.54, 1.807) is 26.4 Å². The van der Waals surface area contributed by atoms with Gasteiger partial charge in [0, 0.05) is 16.6 Å². The number of fused-ring (bicyclic) bond motifs is 1. The SMILES string of the molecule is COc1ccc(OC)c(-c2csc3nnc(SCC(=O)Nc4cccc(F)c4)n23)c1. The molecule has 1 amide bonds. The van der Waals surface area contributed by atoms with Crippen molar-refractivity contribution in [2.24, 2.45) is 0 Å². The lowest BCUT2D eigenvalue weighted by Gasteiger charge is -2.10. The molecular formula is C20H17FN4O3S2. The predicted octanol–water partition coefficient (Wildman–Crippen LogP) is 4.34. The van der Waals surface area contributed by atoms with Gasteiger partial charge < -0.3 is 14.8 Å². The standard InChI is InChI=1S/C20H17FN4O3S2/c1-27-14-6-7-17(28-2)15(9-14)16-10-29-19-23-24-20(25(16)19)30-11-18(26)22-13-5-3-4-12(21)8-13/h3-10H,11H2,1-2H3,(H,22,26). The number of carbonyl (C=O) groups excluding carboxylic acids is 1. The molecule has 4 rings (SSSR count). The van der Waals surface area contributed by atoms with Crippen LogP contribution in [0.4, 0.5) is 10.1 Å². The summed E-state index contributed by atoms with van der Waals surface area (Å²) >= 11 is 2.68. The van der Waals surface area contributed by atoms with E-state index in [9.17, 15) is 9.18 Å². The van der Waals surface area contributed by atoms with Crippen LogP contribution in [0.15, 0.2) is 53.0 Å².